The van der Waals surface area contributed by atoms with E-state index in [9.17, 15) is 5.11 Å². The van der Waals surface area contributed by atoms with Crippen molar-refractivity contribution in [2.45, 2.75) is 62.8 Å². The van der Waals surface area contributed by atoms with Gasteiger partial charge in [0.05, 0.1) is 18.8 Å². The van der Waals surface area contributed by atoms with Gasteiger partial charge in [0.25, 0.3) is 0 Å². The number of morpholine rings is 1. The van der Waals surface area contributed by atoms with Crippen LogP contribution in [0.5, 0.6) is 0 Å². The van der Waals surface area contributed by atoms with Gasteiger partial charge in [0.1, 0.15) is 0 Å². The summed E-state index contributed by atoms with van der Waals surface area (Å²) in [5, 5.41) is 11.3. The minimum atomic E-state index is -0.442. The summed E-state index contributed by atoms with van der Waals surface area (Å²) in [4.78, 5) is 2.59. The lowest BCUT2D eigenvalue weighted by Crippen LogP contribution is -2.62. The number of nitrogens with zero attached hydrogens (tertiary/aromatic N) is 1. The first-order valence-corrected chi connectivity index (χ1v) is 8.84. The topological polar surface area (TPSA) is 32.7 Å². The van der Waals surface area contributed by atoms with Crippen LogP contribution in [0.3, 0.4) is 0 Å². The second kappa shape index (κ2) is 5.95. The molecule has 1 aromatic rings. The third kappa shape index (κ3) is 2.70. The lowest BCUT2D eigenvalue weighted by Gasteiger charge is -2.53. The Kier molecular flexibility index (Phi) is 3.97. The zero-order valence-corrected chi connectivity index (χ0v) is 13.3. The van der Waals surface area contributed by atoms with Crippen molar-refractivity contribution in [3.05, 3.63) is 35.9 Å². The van der Waals surface area contributed by atoms with Crippen molar-refractivity contribution in [1.29, 1.82) is 0 Å². The van der Waals surface area contributed by atoms with Gasteiger partial charge in [-0.25, -0.2) is 0 Å². The highest BCUT2D eigenvalue weighted by Gasteiger charge is 2.49. The van der Waals surface area contributed by atoms with Crippen molar-refractivity contribution in [3.8, 4) is 0 Å². The molecule has 4 rings (SSSR count). The van der Waals surface area contributed by atoms with Gasteiger partial charge in [0.2, 0.25) is 0 Å². The summed E-state index contributed by atoms with van der Waals surface area (Å²) in [6.45, 7) is 2.54. The minimum Gasteiger partial charge on any atom is -0.389 e. The molecule has 3 heteroatoms. The Labute approximate surface area is 133 Å². The van der Waals surface area contributed by atoms with E-state index in [0.717, 1.165) is 32.6 Å². The van der Waals surface area contributed by atoms with Gasteiger partial charge in [-0.1, -0.05) is 43.2 Å². The van der Waals surface area contributed by atoms with Crippen molar-refractivity contribution in [1.82, 2.24) is 4.90 Å². The zero-order valence-electron chi connectivity index (χ0n) is 13.3. The first-order chi connectivity index (χ1) is 10.7. The SMILES string of the molecule is OC1(C2CCCC2)CC2COCC(C1)N2Cc1ccccc1. The second-order valence-electron chi connectivity index (χ2n) is 7.50. The molecule has 1 aliphatic carbocycles. The van der Waals surface area contributed by atoms with Gasteiger partial charge in [-0.3, -0.25) is 4.90 Å². The highest BCUT2D eigenvalue weighted by Crippen LogP contribution is 2.45. The van der Waals surface area contributed by atoms with Crippen LogP contribution in [0, 0.1) is 5.92 Å². The first kappa shape index (κ1) is 14.7. The third-order valence-corrected chi connectivity index (χ3v) is 6.06. The highest BCUT2D eigenvalue weighted by atomic mass is 16.5. The van der Waals surface area contributed by atoms with Gasteiger partial charge in [-0.05, 0) is 37.2 Å². The van der Waals surface area contributed by atoms with Crippen LogP contribution in [-0.2, 0) is 11.3 Å². The van der Waals surface area contributed by atoms with E-state index in [0.29, 0.717) is 18.0 Å². The van der Waals surface area contributed by atoms with Crippen molar-refractivity contribution in [3.63, 3.8) is 0 Å². The van der Waals surface area contributed by atoms with E-state index in [1.54, 1.807) is 0 Å². The maximum atomic E-state index is 11.3. The van der Waals surface area contributed by atoms with Gasteiger partial charge in [0.15, 0.2) is 0 Å². The summed E-state index contributed by atoms with van der Waals surface area (Å²) < 4.78 is 5.81. The monoisotopic (exact) mass is 301 g/mol. The van der Waals surface area contributed by atoms with Crippen LogP contribution in [0.4, 0.5) is 0 Å². The molecule has 1 N–H and O–H groups in total. The molecule has 1 aromatic carbocycles. The maximum Gasteiger partial charge on any atom is 0.0707 e. The van der Waals surface area contributed by atoms with Gasteiger partial charge in [0, 0.05) is 18.6 Å². The lowest BCUT2D eigenvalue weighted by atomic mass is 9.72. The molecule has 2 heterocycles. The maximum absolute atomic E-state index is 11.3. The number of rotatable bonds is 3. The van der Waals surface area contributed by atoms with E-state index in [1.165, 1.54) is 31.2 Å². The lowest BCUT2D eigenvalue weighted by molar-refractivity contribution is -0.164. The molecule has 0 aromatic heterocycles. The molecule has 22 heavy (non-hydrogen) atoms. The molecule has 2 saturated heterocycles. The number of benzene rings is 1. The van der Waals surface area contributed by atoms with E-state index in [4.69, 9.17) is 4.74 Å². The van der Waals surface area contributed by atoms with Gasteiger partial charge >= 0.3 is 0 Å². The second-order valence-corrected chi connectivity index (χ2v) is 7.50. The molecule has 3 aliphatic rings. The van der Waals surface area contributed by atoms with Crippen LogP contribution in [-0.4, -0.2) is 40.9 Å². The molecular formula is C19H27NO2. The Morgan fingerprint density at radius 1 is 1.05 bits per heavy atom. The molecule has 0 spiro atoms. The summed E-state index contributed by atoms with van der Waals surface area (Å²) in [6.07, 6.45) is 6.81. The van der Waals surface area contributed by atoms with Crippen LogP contribution in [0.25, 0.3) is 0 Å². The van der Waals surface area contributed by atoms with Gasteiger partial charge in [-0.2, -0.15) is 0 Å². The molecule has 0 radical (unpaired) electrons. The van der Waals surface area contributed by atoms with Crippen molar-refractivity contribution >= 4 is 0 Å². The number of hydrogen-bond acceptors (Lipinski definition) is 3. The fourth-order valence-corrected chi connectivity index (χ4v) is 4.93. The molecule has 1 saturated carbocycles. The van der Waals surface area contributed by atoms with E-state index >= 15 is 0 Å². The van der Waals surface area contributed by atoms with Crippen LogP contribution in [0.1, 0.15) is 44.1 Å². The molecule has 2 unspecified atom stereocenters. The molecule has 2 atom stereocenters. The zero-order chi connectivity index (χ0) is 15.0. The van der Waals surface area contributed by atoms with Gasteiger partial charge in [-0.15, -0.1) is 0 Å². The predicted molar refractivity (Wildman–Crippen MR) is 86.5 cm³/mol. The standard InChI is InChI=1S/C19H27NO2/c21-19(16-8-4-5-9-16)10-17-13-22-14-18(11-19)20(17)12-15-6-2-1-3-7-15/h1-3,6-7,16-18,21H,4-5,8-14H2. The summed E-state index contributed by atoms with van der Waals surface area (Å²) in [5.41, 5.74) is 0.925. The molecule has 0 amide bonds. The van der Waals surface area contributed by atoms with Crippen LogP contribution in [0.15, 0.2) is 30.3 Å². The Balaban J connectivity index is 1.51. The smallest absolute Gasteiger partial charge is 0.0707 e. The van der Waals surface area contributed by atoms with E-state index in [1.807, 2.05) is 0 Å². The molecule has 120 valence electrons. The number of aliphatic hydroxyl groups is 1. The minimum absolute atomic E-state index is 0.373. The number of piperidine rings is 1. The van der Waals surface area contributed by atoms with Crippen LogP contribution < -0.4 is 0 Å². The van der Waals surface area contributed by atoms with Crippen molar-refractivity contribution in [2.24, 2.45) is 5.92 Å². The summed E-state index contributed by atoms with van der Waals surface area (Å²) in [6, 6.07) is 11.4. The predicted octanol–water partition coefficient (Wildman–Crippen LogP) is 2.97. The van der Waals surface area contributed by atoms with Crippen molar-refractivity contribution < 1.29 is 9.84 Å². The Bertz CT molecular complexity index is 483. The van der Waals surface area contributed by atoms with Gasteiger partial charge < -0.3 is 9.84 Å². The molecule has 2 aliphatic heterocycles. The number of ether oxygens (including phenoxy) is 1. The Morgan fingerprint density at radius 3 is 2.32 bits per heavy atom. The Hall–Kier alpha value is -0.900. The molecule has 2 bridgehead atoms. The molecule has 3 nitrogen and oxygen atoms in total. The average Bonchev–Trinajstić information content (AvgIpc) is 3.05. The number of hydrogen-bond donors (Lipinski definition) is 1. The third-order valence-electron chi connectivity index (χ3n) is 6.06. The van der Waals surface area contributed by atoms with Crippen LogP contribution in [0.2, 0.25) is 0 Å². The molecular weight excluding hydrogens is 274 g/mol. The van der Waals surface area contributed by atoms with Crippen LogP contribution >= 0.6 is 0 Å². The summed E-state index contributed by atoms with van der Waals surface area (Å²) in [7, 11) is 0. The summed E-state index contributed by atoms with van der Waals surface area (Å²) in [5.74, 6) is 0.523. The number of fused-ring (bicyclic) bond motifs is 2. The quantitative estimate of drug-likeness (QED) is 0.931. The first-order valence-electron chi connectivity index (χ1n) is 8.84. The average molecular weight is 301 g/mol. The highest BCUT2D eigenvalue weighted by molar-refractivity contribution is 5.16. The fraction of sp³-hybridized carbons (Fsp3) is 0.684. The normalized spacial score (nSPS) is 36.6. The molecule has 3 fully saturated rings. The van der Waals surface area contributed by atoms with Crippen molar-refractivity contribution in [2.75, 3.05) is 13.2 Å². The summed E-state index contributed by atoms with van der Waals surface area (Å²) >= 11 is 0. The van der Waals surface area contributed by atoms with E-state index < -0.39 is 5.60 Å². The largest absolute Gasteiger partial charge is 0.389 e. The fourth-order valence-electron chi connectivity index (χ4n) is 4.93. The Morgan fingerprint density at radius 2 is 1.68 bits per heavy atom. The van der Waals surface area contributed by atoms with E-state index in [2.05, 4.69) is 35.2 Å². The van der Waals surface area contributed by atoms with E-state index in [-0.39, 0.29) is 0 Å².